The summed E-state index contributed by atoms with van der Waals surface area (Å²) in [6.45, 7) is 1.62. The number of rotatable bonds is 5. The fraction of sp³-hybridized carbons (Fsp3) is 0.300. The molecular formula is C20H21NO2. The van der Waals surface area contributed by atoms with Gasteiger partial charge in [0, 0.05) is 30.6 Å². The fourth-order valence-electron chi connectivity index (χ4n) is 3.26. The minimum atomic E-state index is -0.449. The fourth-order valence-corrected chi connectivity index (χ4v) is 3.26. The van der Waals surface area contributed by atoms with Gasteiger partial charge in [-0.05, 0) is 36.1 Å². The molecular weight excluding hydrogens is 286 g/mol. The van der Waals surface area contributed by atoms with Crippen LogP contribution in [0.15, 0.2) is 54.6 Å². The molecule has 1 aliphatic rings. The van der Waals surface area contributed by atoms with E-state index in [2.05, 4.69) is 41.3 Å². The lowest BCUT2D eigenvalue weighted by molar-refractivity contribution is -0.121. The van der Waals surface area contributed by atoms with Crippen molar-refractivity contribution >= 4 is 18.3 Å². The van der Waals surface area contributed by atoms with E-state index in [-0.39, 0.29) is 0 Å². The van der Waals surface area contributed by atoms with E-state index in [0.29, 0.717) is 6.42 Å². The Balaban J connectivity index is 1.76. The summed E-state index contributed by atoms with van der Waals surface area (Å²) in [5.74, 6) is 0. The number of carbonyl (C=O) groups excluding carboxylic acids is 2. The topological polar surface area (TPSA) is 37.4 Å². The van der Waals surface area contributed by atoms with Crippen LogP contribution in [0.2, 0.25) is 0 Å². The largest absolute Gasteiger partial charge is 0.371 e. The number of benzene rings is 2. The Morgan fingerprint density at radius 1 is 0.913 bits per heavy atom. The maximum atomic E-state index is 11.4. The molecule has 1 heterocycles. The highest BCUT2D eigenvalue weighted by Crippen LogP contribution is 2.35. The molecule has 3 rings (SSSR count). The van der Waals surface area contributed by atoms with Gasteiger partial charge in [0.1, 0.15) is 12.6 Å². The minimum Gasteiger partial charge on any atom is -0.371 e. The Labute approximate surface area is 136 Å². The summed E-state index contributed by atoms with van der Waals surface area (Å²) in [5, 5.41) is 0. The first-order chi connectivity index (χ1) is 11.3. The van der Waals surface area contributed by atoms with Crippen LogP contribution in [0.4, 0.5) is 5.69 Å². The monoisotopic (exact) mass is 307 g/mol. The van der Waals surface area contributed by atoms with Gasteiger partial charge < -0.3 is 14.5 Å². The molecule has 0 N–H and O–H groups in total. The first-order valence-electron chi connectivity index (χ1n) is 8.07. The molecule has 0 spiro atoms. The third-order valence-electron chi connectivity index (χ3n) is 4.82. The maximum absolute atomic E-state index is 11.4. The van der Waals surface area contributed by atoms with Gasteiger partial charge in [-0.3, -0.25) is 0 Å². The number of anilines is 1. The van der Waals surface area contributed by atoms with Crippen molar-refractivity contribution in [3.63, 3.8) is 0 Å². The first-order valence-corrected chi connectivity index (χ1v) is 8.07. The number of nitrogens with zero attached hydrogens (tertiary/aromatic N) is 1. The Bertz CT molecular complexity index is 673. The van der Waals surface area contributed by atoms with Crippen LogP contribution < -0.4 is 4.90 Å². The van der Waals surface area contributed by atoms with Crippen molar-refractivity contribution in [2.24, 2.45) is 5.41 Å². The predicted octanol–water partition coefficient (Wildman–Crippen LogP) is 3.73. The molecule has 0 aromatic heterocycles. The zero-order valence-corrected chi connectivity index (χ0v) is 13.2. The third-order valence-corrected chi connectivity index (χ3v) is 4.82. The Morgan fingerprint density at radius 3 is 2.26 bits per heavy atom. The summed E-state index contributed by atoms with van der Waals surface area (Å²) in [7, 11) is 0. The Hall–Kier alpha value is -2.42. The highest BCUT2D eigenvalue weighted by atomic mass is 16.1. The molecule has 0 unspecified atom stereocenters. The second-order valence-corrected chi connectivity index (χ2v) is 6.25. The minimum absolute atomic E-state index is 0.342. The number of hydrogen-bond acceptors (Lipinski definition) is 3. The summed E-state index contributed by atoms with van der Waals surface area (Å²) < 4.78 is 0. The van der Waals surface area contributed by atoms with Crippen LogP contribution in [0.5, 0.6) is 0 Å². The van der Waals surface area contributed by atoms with Crippen LogP contribution in [-0.2, 0) is 9.59 Å². The zero-order valence-electron chi connectivity index (χ0n) is 13.2. The predicted molar refractivity (Wildman–Crippen MR) is 92.5 cm³/mol. The quantitative estimate of drug-likeness (QED) is 0.790. The lowest BCUT2D eigenvalue weighted by Crippen LogP contribution is -2.41. The van der Waals surface area contributed by atoms with E-state index >= 15 is 0 Å². The zero-order chi connectivity index (χ0) is 16.1. The average molecular weight is 307 g/mol. The normalized spacial score (nSPS) is 16.8. The molecule has 1 aliphatic heterocycles. The number of aldehydes is 2. The molecule has 1 saturated heterocycles. The number of carbonyl (C=O) groups is 2. The number of piperidine rings is 1. The summed E-state index contributed by atoms with van der Waals surface area (Å²) in [6, 6.07) is 18.8. The summed E-state index contributed by atoms with van der Waals surface area (Å²) in [4.78, 5) is 24.5. The lowest BCUT2D eigenvalue weighted by Gasteiger charge is -2.38. The van der Waals surface area contributed by atoms with E-state index in [1.807, 2.05) is 18.2 Å². The van der Waals surface area contributed by atoms with Crippen LogP contribution in [0, 0.1) is 5.41 Å². The first kappa shape index (κ1) is 15.5. The molecule has 0 saturated carbocycles. The second kappa shape index (κ2) is 6.78. The van der Waals surface area contributed by atoms with E-state index in [1.54, 1.807) is 0 Å². The number of hydrogen-bond donors (Lipinski definition) is 0. The van der Waals surface area contributed by atoms with Crippen molar-refractivity contribution in [3.05, 3.63) is 54.6 Å². The second-order valence-electron chi connectivity index (χ2n) is 6.25. The Kier molecular flexibility index (Phi) is 4.56. The van der Waals surface area contributed by atoms with Gasteiger partial charge in [-0.25, -0.2) is 0 Å². The molecule has 0 atom stereocenters. The van der Waals surface area contributed by atoms with Crippen molar-refractivity contribution in [2.75, 3.05) is 18.0 Å². The smallest absolute Gasteiger partial charge is 0.126 e. The Morgan fingerprint density at radius 2 is 1.61 bits per heavy atom. The van der Waals surface area contributed by atoms with Crippen LogP contribution in [-0.4, -0.2) is 25.7 Å². The summed E-state index contributed by atoms with van der Waals surface area (Å²) in [6.07, 6.45) is 3.68. The van der Waals surface area contributed by atoms with Gasteiger partial charge in [0.2, 0.25) is 0 Å². The molecule has 118 valence electrons. The highest BCUT2D eigenvalue weighted by Gasteiger charge is 2.34. The SMILES string of the molecule is O=CCC1(C=O)CCN(c2cccc(-c3ccccc3)c2)CC1. The van der Waals surface area contributed by atoms with Gasteiger partial charge in [0.15, 0.2) is 0 Å². The molecule has 0 bridgehead atoms. The van der Waals surface area contributed by atoms with E-state index in [0.717, 1.165) is 38.5 Å². The standard InChI is InChI=1S/C20H21NO2/c22-14-11-20(16-23)9-12-21(13-10-20)19-8-4-7-18(15-19)17-5-2-1-3-6-17/h1-8,14-16H,9-13H2. The van der Waals surface area contributed by atoms with Crippen LogP contribution in [0.1, 0.15) is 19.3 Å². The summed E-state index contributed by atoms with van der Waals surface area (Å²) >= 11 is 0. The molecule has 2 aromatic rings. The van der Waals surface area contributed by atoms with E-state index in [4.69, 9.17) is 0 Å². The molecule has 3 heteroatoms. The molecule has 3 nitrogen and oxygen atoms in total. The average Bonchev–Trinajstić information content (AvgIpc) is 2.63. The van der Waals surface area contributed by atoms with Gasteiger partial charge in [-0.2, -0.15) is 0 Å². The van der Waals surface area contributed by atoms with Gasteiger partial charge in [-0.1, -0.05) is 42.5 Å². The molecule has 2 aromatic carbocycles. The molecule has 0 aliphatic carbocycles. The maximum Gasteiger partial charge on any atom is 0.126 e. The van der Waals surface area contributed by atoms with Crippen molar-refractivity contribution < 1.29 is 9.59 Å². The van der Waals surface area contributed by atoms with Gasteiger partial charge in [-0.15, -0.1) is 0 Å². The van der Waals surface area contributed by atoms with Crippen molar-refractivity contribution in [1.82, 2.24) is 0 Å². The van der Waals surface area contributed by atoms with E-state index < -0.39 is 5.41 Å². The van der Waals surface area contributed by atoms with Crippen LogP contribution in [0.25, 0.3) is 11.1 Å². The molecule has 1 fully saturated rings. The molecule has 0 radical (unpaired) electrons. The molecule has 0 amide bonds. The van der Waals surface area contributed by atoms with E-state index in [1.165, 1.54) is 16.8 Å². The van der Waals surface area contributed by atoms with Gasteiger partial charge in [0.25, 0.3) is 0 Å². The lowest BCUT2D eigenvalue weighted by atomic mass is 9.77. The van der Waals surface area contributed by atoms with Crippen molar-refractivity contribution in [3.8, 4) is 11.1 Å². The van der Waals surface area contributed by atoms with Crippen molar-refractivity contribution in [2.45, 2.75) is 19.3 Å². The highest BCUT2D eigenvalue weighted by molar-refractivity contribution is 5.70. The molecule has 23 heavy (non-hydrogen) atoms. The summed E-state index contributed by atoms with van der Waals surface area (Å²) in [5.41, 5.74) is 3.13. The van der Waals surface area contributed by atoms with Crippen LogP contribution in [0.3, 0.4) is 0 Å². The van der Waals surface area contributed by atoms with Gasteiger partial charge >= 0.3 is 0 Å². The van der Waals surface area contributed by atoms with Gasteiger partial charge in [0.05, 0.1) is 0 Å². The van der Waals surface area contributed by atoms with Crippen LogP contribution >= 0.6 is 0 Å². The van der Waals surface area contributed by atoms with E-state index in [9.17, 15) is 9.59 Å². The third kappa shape index (κ3) is 3.34. The van der Waals surface area contributed by atoms with Crippen molar-refractivity contribution in [1.29, 1.82) is 0 Å².